The molecule has 1 aromatic rings. The molecule has 0 amide bonds. The first-order chi connectivity index (χ1) is 13.2. The van der Waals surface area contributed by atoms with E-state index in [1.54, 1.807) is 11.3 Å². The summed E-state index contributed by atoms with van der Waals surface area (Å²) in [6.07, 6.45) is -0.918. The predicted octanol–water partition coefficient (Wildman–Crippen LogP) is 5.51. The van der Waals surface area contributed by atoms with E-state index in [-0.39, 0.29) is 24.9 Å². The lowest BCUT2D eigenvalue weighted by Gasteiger charge is -2.45. The Labute approximate surface area is 166 Å². The van der Waals surface area contributed by atoms with Gasteiger partial charge in [0.05, 0.1) is 6.54 Å². The predicted molar refractivity (Wildman–Crippen MR) is 100 cm³/mol. The number of hydrogen-bond donors (Lipinski definition) is 0. The van der Waals surface area contributed by atoms with Crippen molar-refractivity contribution in [1.29, 1.82) is 0 Å². The first-order valence-corrected chi connectivity index (χ1v) is 11.1. The minimum Gasteiger partial charge on any atom is -0.295 e. The van der Waals surface area contributed by atoms with E-state index >= 15 is 0 Å². The Morgan fingerprint density at radius 3 is 2.29 bits per heavy atom. The van der Waals surface area contributed by atoms with Gasteiger partial charge in [-0.15, -0.1) is 0 Å². The highest BCUT2D eigenvalue weighted by atomic mass is 32.1. The zero-order chi connectivity index (χ0) is 19.9. The van der Waals surface area contributed by atoms with E-state index in [2.05, 4.69) is 21.7 Å². The summed E-state index contributed by atoms with van der Waals surface area (Å²) < 4.78 is 65.4. The first-order valence-electron chi connectivity index (χ1n) is 10.2. The van der Waals surface area contributed by atoms with Gasteiger partial charge in [-0.2, -0.15) is 24.5 Å². The van der Waals surface area contributed by atoms with E-state index in [1.165, 1.54) is 10.5 Å². The molecular formula is C20H27F5N2S. The molecule has 0 N–H and O–H groups in total. The van der Waals surface area contributed by atoms with Crippen LogP contribution in [0.3, 0.4) is 0 Å². The number of hydrogen-bond acceptors (Lipinski definition) is 3. The van der Waals surface area contributed by atoms with Gasteiger partial charge in [0.15, 0.2) is 0 Å². The minimum atomic E-state index is -4.16. The highest BCUT2D eigenvalue weighted by Crippen LogP contribution is 2.50. The third kappa shape index (κ3) is 4.87. The van der Waals surface area contributed by atoms with Crippen LogP contribution >= 0.6 is 11.3 Å². The third-order valence-corrected chi connectivity index (χ3v) is 7.30. The Hall–Kier alpha value is -0.730. The van der Waals surface area contributed by atoms with E-state index < -0.39 is 18.6 Å². The van der Waals surface area contributed by atoms with Crippen molar-refractivity contribution in [2.75, 3.05) is 19.6 Å². The summed E-state index contributed by atoms with van der Waals surface area (Å²) >= 11 is 1.67. The lowest BCUT2D eigenvalue weighted by atomic mass is 9.88. The molecule has 2 unspecified atom stereocenters. The normalized spacial score (nSPS) is 30.1. The van der Waals surface area contributed by atoms with E-state index in [0.717, 1.165) is 6.42 Å². The van der Waals surface area contributed by atoms with Gasteiger partial charge < -0.3 is 0 Å². The summed E-state index contributed by atoms with van der Waals surface area (Å²) in [7, 11) is 0. The smallest absolute Gasteiger partial charge is 0.295 e. The molecule has 158 valence electrons. The van der Waals surface area contributed by atoms with E-state index in [1.807, 2.05) is 0 Å². The monoisotopic (exact) mass is 422 g/mol. The van der Waals surface area contributed by atoms with E-state index in [0.29, 0.717) is 50.7 Å². The Morgan fingerprint density at radius 2 is 1.71 bits per heavy atom. The summed E-state index contributed by atoms with van der Waals surface area (Å²) in [5, 5.41) is 4.22. The van der Waals surface area contributed by atoms with Crippen LogP contribution in [0.2, 0.25) is 0 Å². The molecule has 3 fully saturated rings. The van der Waals surface area contributed by atoms with Gasteiger partial charge in [-0.25, -0.2) is 8.78 Å². The minimum absolute atomic E-state index is 0.0725. The van der Waals surface area contributed by atoms with Crippen LogP contribution in [0.25, 0.3) is 0 Å². The van der Waals surface area contributed by atoms with E-state index in [4.69, 9.17) is 0 Å². The highest BCUT2D eigenvalue weighted by Gasteiger charge is 2.50. The number of alkyl halides is 5. The van der Waals surface area contributed by atoms with Crippen molar-refractivity contribution in [3.05, 3.63) is 22.4 Å². The number of likely N-dealkylation sites (tertiary alicyclic amines) is 1. The number of halogens is 5. The Morgan fingerprint density at radius 1 is 1.07 bits per heavy atom. The van der Waals surface area contributed by atoms with Crippen LogP contribution in [-0.4, -0.2) is 59.7 Å². The van der Waals surface area contributed by atoms with Crippen LogP contribution in [0.15, 0.2) is 16.8 Å². The van der Waals surface area contributed by atoms with Crippen molar-refractivity contribution >= 4 is 11.3 Å². The van der Waals surface area contributed by atoms with Gasteiger partial charge in [-0.1, -0.05) is 0 Å². The lowest BCUT2D eigenvalue weighted by Crippen LogP contribution is -2.52. The standard InChI is InChI=1S/C20H27F5N2S/c21-19(22)6-1-15(2-7-19)27(18-11-17(18)14-5-10-28-12-14)16-3-8-26(9-4-16)13-20(23,24)25/h5,10,12,15-18H,1-4,6-9,11,13H2. The molecule has 2 nitrogen and oxygen atoms in total. The molecule has 1 saturated heterocycles. The summed E-state index contributed by atoms with van der Waals surface area (Å²) in [5.41, 5.74) is 1.32. The zero-order valence-electron chi connectivity index (χ0n) is 15.8. The topological polar surface area (TPSA) is 6.48 Å². The van der Waals surface area contributed by atoms with Crippen LogP contribution in [-0.2, 0) is 0 Å². The molecule has 2 heterocycles. The molecular weight excluding hydrogens is 395 g/mol. The summed E-state index contributed by atoms with van der Waals surface area (Å²) in [4.78, 5) is 3.93. The Bertz CT molecular complexity index is 630. The number of piperidine rings is 1. The molecule has 4 rings (SSSR count). The molecule has 0 bridgehead atoms. The average molecular weight is 423 g/mol. The van der Waals surface area contributed by atoms with Crippen LogP contribution in [0.4, 0.5) is 22.0 Å². The van der Waals surface area contributed by atoms with Gasteiger partial charge in [0.2, 0.25) is 5.92 Å². The average Bonchev–Trinajstić information content (AvgIpc) is 3.19. The molecule has 1 aliphatic heterocycles. The Kier molecular flexibility index (Phi) is 5.75. The highest BCUT2D eigenvalue weighted by molar-refractivity contribution is 7.08. The number of nitrogens with zero attached hydrogens (tertiary/aromatic N) is 2. The fourth-order valence-electron chi connectivity index (χ4n) is 5.15. The molecule has 2 atom stereocenters. The lowest BCUT2D eigenvalue weighted by molar-refractivity contribution is -0.149. The maximum absolute atomic E-state index is 13.7. The van der Waals surface area contributed by atoms with Gasteiger partial charge >= 0.3 is 6.18 Å². The molecule has 0 spiro atoms. The van der Waals surface area contributed by atoms with Gasteiger partial charge in [-0.05, 0) is 67.6 Å². The molecule has 2 aliphatic carbocycles. The van der Waals surface area contributed by atoms with Gasteiger partial charge in [0.1, 0.15) is 0 Å². The van der Waals surface area contributed by atoms with Crippen LogP contribution < -0.4 is 0 Å². The second kappa shape index (κ2) is 7.84. The van der Waals surface area contributed by atoms with Gasteiger partial charge in [0, 0.05) is 36.9 Å². The molecule has 1 aromatic heterocycles. The molecule has 28 heavy (non-hydrogen) atoms. The van der Waals surface area contributed by atoms with Crippen molar-refractivity contribution in [3.63, 3.8) is 0 Å². The maximum Gasteiger partial charge on any atom is 0.401 e. The van der Waals surface area contributed by atoms with Crippen molar-refractivity contribution < 1.29 is 22.0 Å². The Balaban J connectivity index is 1.42. The second-order valence-electron chi connectivity index (χ2n) is 8.62. The van der Waals surface area contributed by atoms with Crippen LogP contribution in [0.5, 0.6) is 0 Å². The van der Waals surface area contributed by atoms with Crippen molar-refractivity contribution in [3.8, 4) is 0 Å². The quantitative estimate of drug-likeness (QED) is 0.578. The summed E-state index contributed by atoms with van der Waals surface area (Å²) in [6.45, 7) is 0.00904. The van der Waals surface area contributed by atoms with Crippen molar-refractivity contribution in [2.24, 2.45) is 0 Å². The van der Waals surface area contributed by atoms with Crippen LogP contribution in [0, 0.1) is 0 Å². The number of rotatable bonds is 5. The van der Waals surface area contributed by atoms with Crippen molar-refractivity contribution in [2.45, 2.75) is 81.1 Å². The molecule has 8 heteroatoms. The zero-order valence-corrected chi connectivity index (χ0v) is 16.6. The molecule has 3 aliphatic rings. The first kappa shape index (κ1) is 20.5. The largest absolute Gasteiger partial charge is 0.401 e. The van der Waals surface area contributed by atoms with Gasteiger partial charge in [-0.3, -0.25) is 9.80 Å². The summed E-state index contributed by atoms with van der Waals surface area (Å²) in [6, 6.07) is 2.82. The second-order valence-corrected chi connectivity index (χ2v) is 9.40. The SMILES string of the molecule is FC(F)(F)CN1CCC(N(C2CCC(F)(F)CC2)C2CC2c2ccsc2)CC1. The van der Waals surface area contributed by atoms with Crippen LogP contribution in [0.1, 0.15) is 56.4 Å². The summed E-state index contributed by atoms with van der Waals surface area (Å²) in [5.74, 6) is -2.11. The number of thiophene rings is 1. The van der Waals surface area contributed by atoms with Crippen molar-refractivity contribution in [1.82, 2.24) is 9.80 Å². The van der Waals surface area contributed by atoms with E-state index in [9.17, 15) is 22.0 Å². The fourth-order valence-corrected chi connectivity index (χ4v) is 5.87. The fraction of sp³-hybridized carbons (Fsp3) is 0.800. The van der Waals surface area contributed by atoms with Gasteiger partial charge in [0.25, 0.3) is 0 Å². The molecule has 2 saturated carbocycles. The molecule has 0 aromatic carbocycles. The maximum atomic E-state index is 13.7. The third-order valence-electron chi connectivity index (χ3n) is 6.60. The molecule has 0 radical (unpaired) electrons.